The van der Waals surface area contributed by atoms with Crippen LogP contribution in [0.1, 0.15) is 40.7 Å². The Hall–Kier alpha value is -2.04. The van der Waals surface area contributed by atoms with E-state index >= 15 is 0 Å². The fraction of sp³-hybridized carbons (Fsp3) is 0.500. The van der Waals surface area contributed by atoms with Crippen LogP contribution in [0.4, 0.5) is 5.69 Å². The number of likely N-dealkylation sites (tertiary alicyclic amines) is 1. The van der Waals surface area contributed by atoms with Gasteiger partial charge in [0, 0.05) is 24.8 Å². The lowest BCUT2D eigenvalue weighted by Gasteiger charge is -2.34. The van der Waals surface area contributed by atoms with Crippen molar-refractivity contribution in [2.24, 2.45) is 0 Å². The number of carbonyl (C=O) groups excluding carboxylic acids is 2. The third kappa shape index (κ3) is 3.01. The first kappa shape index (κ1) is 15.4. The predicted octanol–water partition coefficient (Wildman–Crippen LogP) is 1.63. The molecule has 1 aromatic carbocycles. The number of aryl methyl sites for hydroxylation is 2. The largest absolute Gasteiger partial charge is 0.398 e. The van der Waals surface area contributed by atoms with Crippen molar-refractivity contribution in [2.45, 2.75) is 39.2 Å². The van der Waals surface area contributed by atoms with Gasteiger partial charge in [0.2, 0.25) is 5.91 Å². The van der Waals surface area contributed by atoms with Crippen molar-refractivity contribution in [3.05, 3.63) is 28.8 Å². The van der Waals surface area contributed by atoms with E-state index in [1.54, 1.807) is 18.0 Å². The van der Waals surface area contributed by atoms with Crippen molar-refractivity contribution in [3.8, 4) is 0 Å². The molecule has 0 bridgehead atoms. The Morgan fingerprint density at radius 1 is 1.24 bits per heavy atom. The lowest BCUT2D eigenvalue weighted by molar-refractivity contribution is -0.126. The summed E-state index contributed by atoms with van der Waals surface area (Å²) < 4.78 is 0. The van der Waals surface area contributed by atoms with Crippen LogP contribution in [-0.4, -0.2) is 36.3 Å². The fourth-order valence-corrected chi connectivity index (χ4v) is 2.87. The summed E-state index contributed by atoms with van der Waals surface area (Å²) in [6.45, 7) is 4.44. The van der Waals surface area contributed by atoms with Gasteiger partial charge in [-0.15, -0.1) is 0 Å². The molecule has 5 nitrogen and oxygen atoms in total. The molecule has 1 aliphatic heterocycles. The highest BCUT2D eigenvalue weighted by Gasteiger charge is 2.32. The monoisotopic (exact) mass is 289 g/mol. The summed E-state index contributed by atoms with van der Waals surface area (Å²) in [5.74, 6) is -0.201. The molecule has 0 radical (unpaired) electrons. The topological polar surface area (TPSA) is 75.4 Å². The van der Waals surface area contributed by atoms with E-state index in [-0.39, 0.29) is 17.9 Å². The third-order valence-electron chi connectivity index (χ3n) is 4.16. The van der Waals surface area contributed by atoms with Gasteiger partial charge in [0.25, 0.3) is 5.91 Å². The van der Waals surface area contributed by atoms with E-state index in [0.717, 1.165) is 24.0 Å². The van der Waals surface area contributed by atoms with Crippen LogP contribution in [0.15, 0.2) is 12.1 Å². The van der Waals surface area contributed by atoms with Gasteiger partial charge < -0.3 is 16.0 Å². The van der Waals surface area contributed by atoms with Crippen LogP contribution in [0, 0.1) is 13.8 Å². The summed E-state index contributed by atoms with van der Waals surface area (Å²) in [5, 5.41) is 2.65. The second kappa shape index (κ2) is 6.16. The van der Waals surface area contributed by atoms with Crippen LogP contribution < -0.4 is 11.1 Å². The van der Waals surface area contributed by atoms with Gasteiger partial charge in [0.1, 0.15) is 6.04 Å². The minimum atomic E-state index is -0.377. The van der Waals surface area contributed by atoms with Gasteiger partial charge >= 0.3 is 0 Å². The Bertz CT molecular complexity index is 569. The van der Waals surface area contributed by atoms with Crippen LogP contribution in [0.5, 0.6) is 0 Å². The van der Waals surface area contributed by atoms with Crippen molar-refractivity contribution in [1.29, 1.82) is 0 Å². The number of benzene rings is 1. The zero-order valence-electron chi connectivity index (χ0n) is 12.9. The zero-order chi connectivity index (χ0) is 15.6. The fourth-order valence-electron chi connectivity index (χ4n) is 2.87. The molecule has 1 fully saturated rings. The molecular formula is C16H23N3O2. The standard InChI is InChI=1S/C16H23N3O2/c1-10-8-11(2)13(17)9-12(10)16(21)19-7-5-4-6-14(19)15(20)18-3/h8-9,14H,4-7,17H2,1-3H3,(H,18,20). The summed E-state index contributed by atoms with van der Waals surface area (Å²) in [7, 11) is 1.61. The van der Waals surface area contributed by atoms with Gasteiger partial charge in [0.15, 0.2) is 0 Å². The number of nitrogens with two attached hydrogens (primary N) is 1. The molecule has 114 valence electrons. The number of hydrogen-bond acceptors (Lipinski definition) is 3. The summed E-state index contributed by atoms with van der Waals surface area (Å²) >= 11 is 0. The maximum Gasteiger partial charge on any atom is 0.254 e. The van der Waals surface area contributed by atoms with Crippen LogP contribution in [0.3, 0.4) is 0 Å². The summed E-state index contributed by atoms with van der Waals surface area (Å²) in [6.07, 6.45) is 2.61. The summed E-state index contributed by atoms with van der Waals surface area (Å²) in [4.78, 5) is 26.5. The molecule has 5 heteroatoms. The Morgan fingerprint density at radius 3 is 2.62 bits per heavy atom. The molecule has 2 rings (SSSR count). The molecule has 0 spiro atoms. The number of likely N-dealkylation sites (N-methyl/N-ethyl adjacent to an activating group) is 1. The number of hydrogen-bond donors (Lipinski definition) is 2. The maximum absolute atomic E-state index is 12.8. The molecule has 1 aromatic rings. The molecule has 1 heterocycles. The lowest BCUT2D eigenvalue weighted by atomic mass is 9.97. The minimum absolute atomic E-state index is 0.0965. The molecule has 2 amide bonds. The second-order valence-corrected chi connectivity index (χ2v) is 5.65. The highest BCUT2D eigenvalue weighted by atomic mass is 16.2. The Morgan fingerprint density at radius 2 is 1.95 bits per heavy atom. The first-order valence-electron chi connectivity index (χ1n) is 7.35. The van der Waals surface area contributed by atoms with Crippen LogP contribution in [-0.2, 0) is 4.79 Å². The van der Waals surface area contributed by atoms with Crippen LogP contribution >= 0.6 is 0 Å². The number of nitrogens with one attached hydrogen (secondary N) is 1. The van der Waals surface area contributed by atoms with Gasteiger partial charge in [0.05, 0.1) is 0 Å². The van der Waals surface area contributed by atoms with Crippen LogP contribution in [0.25, 0.3) is 0 Å². The molecule has 21 heavy (non-hydrogen) atoms. The molecule has 1 aliphatic rings. The van der Waals surface area contributed by atoms with Crippen molar-refractivity contribution in [3.63, 3.8) is 0 Å². The quantitative estimate of drug-likeness (QED) is 0.812. The van der Waals surface area contributed by atoms with E-state index in [2.05, 4.69) is 5.32 Å². The van der Waals surface area contributed by atoms with Gasteiger partial charge in [-0.25, -0.2) is 0 Å². The highest BCUT2D eigenvalue weighted by Crippen LogP contribution is 2.24. The summed E-state index contributed by atoms with van der Waals surface area (Å²) in [5.41, 5.74) is 8.99. The average Bonchev–Trinajstić information content (AvgIpc) is 2.49. The summed E-state index contributed by atoms with van der Waals surface area (Å²) in [6, 6.07) is 3.27. The molecule has 1 saturated heterocycles. The zero-order valence-corrected chi connectivity index (χ0v) is 12.9. The number of piperidine rings is 1. The van der Waals surface area contributed by atoms with Gasteiger partial charge in [-0.1, -0.05) is 6.07 Å². The van der Waals surface area contributed by atoms with E-state index in [1.807, 2.05) is 19.9 Å². The van der Waals surface area contributed by atoms with E-state index < -0.39 is 0 Å². The smallest absolute Gasteiger partial charge is 0.254 e. The molecule has 0 aliphatic carbocycles. The van der Waals surface area contributed by atoms with E-state index in [9.17, 15) is 9.59 Å². The molecule has 0 saturated carbocycles. The number of amides is 2. The van der Waals surface area contributed by atoms with Crippen molar-refractivity contribution in [2.75, 3.05) is 19.3 Å². The average molecular weight is 289 g/mol. The maximum atomic E-state index is 12.8. The van der Waals surface area contributed by atoms with Gasteiger partial charge in [-0.3, -0.25) is 9.59 Å². The Labute approximate surface area is 125 Å². The predicted molar refractivity (Wildman–Crippen MR) is 83.1 cm³/mol. The number of rotatable bonds is 2. The van der Waals surface area contributed by atoms with E-state index in [1.165, 1.54) is 0 Å². The van der Waals surface area contributed by atoms with E-state index in [0.29, 0.717) is 24.2 Å². The van der Waals surface area contributed by atoms with Crippen molar-refractivity contribution in [1.82, 2.24) is 10.2 Å². The first-order chi connectivity index (χ1) is 9.95. The third-order valence-corrected chi connectivity index (χ3v) is 4.16. The lowest BCUT2D eigenvalue weighted by Crippen LogP contribution is -2.51. The van der Waals surface area contributed by atoms with Gasteiger partial charge in [-0.05, 0) is 50.3 Å². The number of carbonyl (C=O) groups is 2. The van der Waals surface area contributed by atoms with Crippen molar-refractivity contribution >= 4 is 17.5 Å². The highest BCUT2D eigenvalue weighted by molar-refractivity contribution is 5.99. The number of anilines is 1. The molecular weight excluding hydrogens is 266 g/mol. The van der Waals surface area contributed by atoms with Gasteiger partial charge in [-0.2, -0.15) is 0 Å². The number of nitrogens with zero attached hydrogens (tertiary/aromatic N) is 1. The SMILES string of the molecule is CNC(=O)C1CCCCN1C(=O)c1cc(N)c(C)cc1C. The van der Waals surface area contributed by atoms with Crippen molar-refractivity contribution < 1.29 is 9.59 Å². The van der Waals surface area contributed by atoms with Crippen LogP contribution in [0.2, 0.25) is 0 Å². The Balaban J connectivity index is 2.33. The Kier molecular flexibility index (Phi) is 4.50. The number of nitrogen functional groups attached to an aromatic ring is 1. The second-order valence-electron chi connectivity index (χ2n) is 5.65. The molecule has 0 aromatic heterocycles. The molecule has 1 unspecified atom stereocenters. The first-order valence-corrected chi connectivity index (χ1v) is 7.35. The molecule has 3 N–H and O–H groups in total. The van der Waals surface area contributed by atoms with E-state index in [4.69, 9.17) is 5.73 Å². The molecule has 1 atom stereocenters. The normalized spacial score (nSPS) is 18.4. The minimum Gasteiger partial charge on any atom is -0.398 e.